The normalized spacial score (nSPS) is 11.2. The third-order valence-corrected chi connectivity index (χ3v) is 6.15. The van der Waals surface area contributed by atoms with Crippen molar-refractivity contribution in [3.8, 4) is 6.07 Å². The molecule has 0 fully saturated rings. The molecule has 2 aromatic rings. The van der Waals surface area contributed by atoms with Crippen LogP contribution in [0.4, 0.5) is 0 Å². The van der Waals surface area contributed by atoms with Gasteiger partial charge < -0.3 is 5.32 Å². The number of carbonyl (C=O) groups excluding carboxylic acids is 1. The molecule has 1 aromatic carbocycles. The molecule has 126 valence electrons. The minimum atomic E-state index is -3.78. The lowest BCUT2D eigenvalue weighted by molar-refractivity contribution is -0.121. The lowest BCUT2D eigenvalue weighted by Crippen LogP contribution is -2.40. The van der Waals surface area contributed by atoms with Crippen LogP contribution in [0.3, 0.4) is 0 Å². The second-order valence-corrected chi connectivity index (χ2v) is 7.89. The molecular formula is C16H17N3O3S2. The van der Waals surface area contributed by atoms with E-state index in [1.807, 2.05) is 23.6 Å². The van der Waals surface area contributed by atoms with E-state index >= 15 is 0 Å². The minimum Gasteiger partial charge on any atom is -0.350 e. The summed E-state index contributed by atoms with van der Waals surface area (Å²) in [7, 11) is -3.78. The molecular weight excluding hydrogens is 346 g/mol. The lowest BCUT2D eigenvalue weighted by atomic mass is 10.2. The lowest BCUT2D eigenvalue weighted by Gasteiger charge is -2.20. The molecule has 0 aliphatic carbocycles. The molecule has 1 amide bonds. The van der Waals surface area contributed by atoms with E-state index in [1.54, 1.807) is 6.92 Å². The topological polar surface area (TPSA) is 90.3 Å². The van der Waals surface area contributed by atoms with Gasteiger partial charge in [0.15, 0.2) is 0 Å². The summed E-state index contributed by atoms with van der Waals surface area (Å²) in [6.45, 7) is 1.98. The molecule has 24 heavy (non-hydrogen) atoms. The fourth-order valence-electron chi connectivity index (χ4n) is 2.03. The SMILES string of the molecule is CCN(CC(=O)NCc1cccs1)S(=O)(=O)c1ccc(C#N)cc1. The van der Waals surface area contributed by atoms with E-state index in [4.69, 9.17) is 5.26 Å². The van der Waals surface area contributed by atoms with Crippen LogP contribution in [0.15, 0.2) is 46.7 Å². The highest BCUT2D eigenvalue weighted by molar-refractivity contribution is 7.89. The summed E-state index contributed by atoms with van der Waals surface area (Å²) >= 11 is 1.52. The number of hydrogen-bond acceptors (Lipinski definition) is 5. The quantitative estimate of drug-likeness (QED) is 0.814. The molecule has 0 saturated heterocycles. The zero-order chi connectivity index (χ0) is 17.6. The molecule has 2 rings (SSSR count). The Bertz CT molecular complexity index is 822. The van der Waals surface area contributed by atoms with Crippen molar-refractivity contribution < 1.29 is 13.2 Å². The van der Waals surface area contributed by atoms with Crippen LogP contribution in [0.5, 0.6) is 0 Å². The number of nitriles is 1. The molecule has 0 aliphatic rings. The second-order valence-electron chi connectivity index (χ2n) is 4.92. The molecule has 0 aliphatic heterocycles. The predicted octanol–water partition coefficient (Wildman–Crippen LogP) is 1.95. The van der Waals surface area contributed by atoms with Crippen molar-refractivity contribution in [1.29, 1.82) is 5.26 Å². The van der Waals surface area contributed by atoms with Crippen LogP contribution in [0, 0.1) is 11.3 Å². The second kappa shape index (κ2) is 8.06. The first-order valence-electron chi connectivity index (χ1n) is 7.26. The van der Waals surface area contributed by atoms with Crippen LogP contribution < -0.4 is 5.32 Å². The number of benzene rings is 1. The number of nitrogens with zero attached hydrogens (tertiary/aromatic N) is 2. The van der Waals surface area contributed by atoms with Gasteiger partial charge in [0.05, 0.1) is 29.6 Å². The van der Waals surface area contributed by atoms with Crippen LogP contribution in [-0.4, -0.2) is 31.7 Å². The molecule has 1 aromatic heterocycles. The Morgan fingerprint density at radius 3 is 2.54 bits per heavy atom. The summed E-state index contributed by atoms with van der Waals surface area (Å²) in [5, 5.41) is 13.4. The molecule has 1 heterocycles. The van der Waals surface area contributed by atoms with Gasteiger partial charge >= 0.3 is 0 Å². The average molecular weight is 363 g/mol. The zero-order valence-electron chi connectivity index (χ0n) is 13.1. The van der Waals surface area contributed by atoms with Crippen LogP contribution in [0.1, 0.15) is 17.4 Å². The summed E-state index contributed by atoms with van der Waals surface area (Å²) in [4.78, 5) is 13.1. The Labute approximate surface area is 145 Å². The summed E-state index contributed by atoms with van der Waals surface area (Å²) in [5.74, 6) is -0.359. The van der Waals surface area contributed by atoms with Crippen molar-refractivity contribution in [1.82, 2.24) is 9.62 Å². The number of carbonyl (C=O) groups is 1. The van der Waals surface area contributed by atoms with Gasteiger partial charge in [-0.25, -0.2) is 8.42 Å². The number of thiophene rings is 1. The van der Waals surface area contributed by atoms with Crippen molar-refractivity contribution >= 4 is 27.3 Å². The van der Waals surface area contributed by atoms with Gasteiger partial charge in [0.2, 0.25) is 15.9 Å². The maximum absolute atomic E-state index is 12.6. The fraction of sp³-hybridized carbons (Fsp3) is 0.250. The van der Waals surface area contributed by atoms with E-state index in [2.05, 4.69) is 5.32 Å². The molecule has 0 unspecified atom stereocenters. The van der Waals surface area contributed by atoms with Crippen molar-refractivity contribution in [2.45, 2.75) is 18.4 Å². The van der Waals surface area contributed by atoms with E-state index in [0.717, 1.165) is 9.18 Å². The van der Waals surface area contributed by atoms with Gasteiger partial charge in [-0.3, -0.25) is 4.79 Å². The molecule has 1 N–H and O–H groups in total. The molecule has 0 radical (unpaired) electrons. The van der Waals surface area contributed by atoms with Crippen molar-refractivity contribution in [2.75, 3.05) is 13.1 Å². The van der Waals surface area contributed by atoms with Gasteiger partial charge in [0, 0.05) is 11.4 Å². The van der Waals surface area contributed by atoms with Gasteiger partial charge in [0.1, 0.15) is 0 Å². The molecule has 8 heteroatoms. The Hall–Kier alpha value is -2.21. The molecule has 0 saturated carbocycles. The standard InChI is InChI=1S/C16H17N3O3S2/c1-2-19(12-16(20)18-11-14-4-3-9-23-14)24(21,22)15-7-5-13(10-17)6-8-15/h3-9H,2,11-12H2,1H3,(H,18,20). The Balaban J connectivity index is 2.05. The number of likely N-dealkylation sites (N-methyl/N-ethyl adjacent to an activating group) is 1. The first-order chi connectivity index (χ1) is 11.5. The summed E-state index contributed by atoms with van der Waals surface area (Å²) in [6.07, 6.45) is 0. The Morgan fingerprint density at radius 1 is 1.29 bits per heavy atom. The summed E-state index contributed by atoms with van der Waals surface area (Å²) in [6, 6.07) is 11.4. The van der Waals surface area contributed by atoms with Gasteiger partial charge in [-0.05, 0) is 35.7 Å². The molecule has 6 nitrogen and oxygen atoms in total. The Morgan fingerprint density at radius 2 is 2.00 bits per heavy atom. The summed E-state index contributed by atoms with van der Waals surface area (Å²) < 4.78 is 26.3. The van der Waals surface area contributed by atoms with Crippen LogP contribution >= 0.6 is 11.3 Å². The third-order valence-electron chi connectivity index (χ3n) is 3.33. The van der Waals surface area contributed by atoms with E-state index in [0.29, 0.717) is 12.1 Å². The highest BCUT2D eigenvalue weighted by atomic mass is 32.2. The maximum atomic E-state index is 12.6. The van der Waals surface area contributed by atoms with Gasteiger partial charge in [0.25, 0.3) is 0 Å². The van der Waals surface area contributed by atoms with Crippen LogP contribution in [-0.2, 0) is 21.4 Å². The maximum Gasteiger partial charge on any atom is 0.243 e. The molecule has 0 bridgehead atoms. The fourth-order valence-corrected chi connectivity index (χ4v) is 4.08. The van der Waals surface area contributed by atoms with Gasteiger partial charge in [-0.2, -0.15) is 9.57 Å². The highest BCUT2D eigenvalue weighted by Crippen LogP contribution is 2.16. The van der Waals surface area contributed by atoms with E-state index in [1.165, 1.54) is 35.6 Å². The first-order valence-corrected chi connectivity index (χ1v) is 9.58. The van der Waals surface area contributed by atoms with Crippen LogP contribution in [0.25, 0.3) is 0 Å². The number of rotatable bonds is 7. The van der Waals surface area contributed by atoms with Crippen LogP contribution in [0.2, 0.25) is 0 Å². The summed E-state index contributed by atoms with van der Waals surface area (Å²) in [5.41, 5.74) is 0.380. The van der Waals surface area contributed by atoms with E-state index in [9.17, 15) is 13.2 Å². The van der Waals surface area contributed by atoms with Crippen molar-refractivity contribution in [3.05, 3.63) is 52.2 Å². The van der Waals surface area contributed by atoms with Crippen molar-refractivity contribution in [2.24, 2.45) is 0 Å². The van der Waals surface area contributed by atoms with Gasteiger partial charge in [-0.1, -0.05) is 13.0 Å². The number of hydrogen-bond donors (Lipinski definition) is 1. The Kier molecular flexibility index (Phi) is 6.09. The molecule has 0 atom stereocenters. The van der Waals surface area contributed by atoms with E-state index in [-0.39, 0.29) is 23.9 Å². The van der Waals surface area contributed by atoms with Crippen molar-refractivity contribution in [3.63, 3.8) is 0 Å². The predicted molar refractivity (Wildman–Crippen MR) is 91.8 cm³/mol. The third kappa shape index (κ3) is 4.41. The zero-order valence-corrected chi connectivity index (χ0v) is 14.7. The number of nitrogens with one attached hydrogen (secondary N) is 1. The highest BCUT2D eigenvalue weighted by Gasteiger charge is 2.25. The minimum absolute atomic E-state index is 0.0643. The smallest absolute Gasteiger partial charge is 0.243 e. The number of sulfonamides is 1. The average Bonchev–Trinajstić information content (AvgIpc) is 3.11. The monoisotopic (exact) mass is 363 g/mol. The van der Waals surface area contributed by atoms with Gasteiger partial charge in [-0.15, -0.1) is 11.3 Å². The number of amides is 1. The largest absolute Gasteiger partial charge is 0.350 e. The van der Waals surface area contributed by atoms with E-state index < -0.39 is 10.0 Å². The first kappa shape index (κ1) is 18.1. The molecule has 0 spiro atoms.